The van der Waals surface area contributed by atoms with E-state index in [-0.39, 0.29) is 9.40 Å². The third-order valence-corrected chi connectivity index (χ3v) is 9.14. The van der Waals surface area contributed by atoms with Crippen LogP contribution >= 0.6 is 11.3 Å². The fraction of sp³-hybridized carbons (Fsp3) is 0.500. The van der Waals surface area contributed by atoms with Crippen molar-refractivity contribution in [2.75, 3.05) is 0 Å². The Balaban J connectivity index is 1.38. The van der Waals surface area contributed by atoms with Crippen LogP contribution in [-0.2, 0) is 0 Å². The number of fused-ring (bicyclic) bond motifs is 3. The van der Waals surface area contributed by atoms with E-state index in [1.54, 1.807) is 12.1 Å². The van der Waals surface area contributed by atoms with Crippen molar-refractivity contribution in [1.29, 1.82) is 0 Å². The number of thiophene rings is 1. The molecule has 1 saturated carbocycles. The molecule has 2 aliphatic carbocycles. The molecular formula is C28H29F5OS. The van der Waals surface area contributed by atoms with Gasteiger partial charge in [-0.05, 0) is 67.6 Å². The summed E-state index contributed by atoms with van der Waals surface area (Å²) in [5.74, 6) is -0.150. The van der Waals surface area contributed by atoms with Crippen LogP contribution in [0.1, 0.15) is 70.3 Å². The molecule has 1 atom stereocenters. The summed E-state index contributed by atoms with van der Waals surface area (Å²) in [6.45, 7) is 2.25. The summed E-state index contributed by atoms with van der Waals surface area (Å²) < 4.78 is 72.2. The van der Waals surface area contributed by atoms with Gasteiger partial charge in [0.05, 0.1) is 9.40 Å². The Bertz CT molecular complexity index is 1250. The number of alkyl halides is 3. The van der Waals surface area contributed by atoms with Crippen LogP contribution in [-0.4, -0.2) is 6.36 Å². The standard InChI is InChI=1S/C28H29F5OS/c1-2-3-16-4-6-17(7-5-16)18-8-10-19(11-9-18)20-12-13-21-22-14-15-23(34-28(31,32)33)25(30)27(22)35-26(21)24(20)29/h10,12-18H,2-9,11H2,1H3. The monoisotopic (exact) mass is 508 g/mol. The average molecular weight is 509 g/mol. The molecule has 2 aliphatic rings. The van der Waals surface area contributed by atoms with Gasteiger partial charge in [-0.1, -0.05) is 50.8 Å². The molecule has 0 amide bonds. The maximum atomic E-state index is 15.6. The fourth-order valence-electron chi connectivity index (χ4n) is 6.16. The SMILES string of the molecule is CCCC1CCC(C2CC=C(c3ccc4c(sc5c(F)c(OC(F)(F)F)ccc54)c3F)CC2)CC1. The van der Waals surface area contributed by atoms with Crippen molar-refractivity contribution in [2.24, 2.45) is 17.8 Å². The highest BCUT2D eigenvalue weighted by atomic mass is 32.1. The number of ether oxygens (including phenoxy) is 1. The largest absolute Gasteiger partial charge is 0.573 e. The van der Waals surface area contributed by atoms with Crippen LogP contribution in [0.25, 0.3) is 25.7 Å². The normalized spacial score (nSPS) is 23.6. The maximum absolute atomic E-state index is 15.6. The molecular weight excluding hydrogens is 479 g/mol. The minimum absolute atomic E-state index is 0.0332. The topological polar surface area (TPSA) is 9.23 Å². The first-order chi connectivity index (χ1) is 16.7. The Morgan fingerprint density at radius 3 is 2.20 bits per heavy atom. The van der Waals surface area contributed by atoms with Crippen molar-refractivity contribution >= 4 is 37.1 Å². The van der Waals surface area contributed by atoms with Gasteiger partial charge in [0.15, 0.2) is 11.6 Å². The molecule has 3 aromatic rings. The fourth-order valence-corrected chi connectivity index (χ4v) is 7.32. The van der Waals surface area contributed by atoms with E-state index in [0.717, 1.165) is 54.1 Å². The van der Waals surface area contributed by atoms with Gasteiger partial charge in [-0.2, -0.15) is 0 Å². The molecule has 0 spiro atoms. The van der Waals surface area contributed by atoms with E-state index in [1.165, 1.54) is 44.6 Å². The molecule has 35 heavy (non-hydrogen) atoms. The summed E-state index contributed by atoms with van der Waals surface area (Å²) in [5, 5.41) is 0.890. The number of allylic oxidation sites excluding steroid dienone is 2. The predicted molar refractivity (Wildman–Crippen MR) is 132 cm³/mol. The highest BCUT2D eigenvalue weighted by molar-refractivity contribution is 7.25. The van der Waals surface area contributed by atoms with Gasteiger partial charge in [-0.3, -0.25) is 0 Å². The van der Waals surface area contributed by atoms with Crippen molar-refractivity contribution < 1.29 is 26.7 Å². The lowest BCUT2D eigenvalue weighted by Gasteiger charge is -2.35. The second-order valence-electron chi connectivity index (χ2n) is 10.0. The second-order valence-corrected chi connectivity index (χ2v) is 11.1. The van der Waals surface area contributed by atoms with Crippen LogP contribution in [0.15, 0.2) is 30.3 Å². The molecule has 0 aliphatic heterocycles. The van der Waals surface area contributed by atoms with Crippen molar-refractivity contribution in [3.05, 3.63) is 47.5 Å². The van der Waals surface area contributed by atoms with E-state index in [9.17, 15) is 17.6 Å². The average Bonchev–Trinajstić information content (AvgIpc) is 3.22. The number of rotatable bonds is 5. The van der Waals surface area contributed by atoms with Crippen LogP contribution in [0.5, 0.6) is 5.75 Å². The first kappa shape index (κ1) is 24.5. The minimum Gasteiger partial charge on any atom is -0.403 e. The van der Waals surface area contributed by atoms with E-state index >= 15 is 4.39 Å². The summed E-state index contributed by atoms with van der Waals surface area (Å²) in [7, 11) is 0. The summed E-state index contributed by atoms with van der Waals surface area (Å²) in [6.07, 6.45) is 7.83. The highest BCUT2D eigenvalue weighted by Crippen LogP contribution is 2.45. The summed E-state index contributed by atoms with van der Waals surface area (Å²) >= 11 is 0.836. The summed E-state index contributed by atoms with van der Waals surface area (Å²) in [4.78, 5) is 0. The molecule has 1 nitrogen and oxygen atoms in total. The van der Waals surface area contributed by atoms with Crippen molar-refractivity contribution in [2.45, 2.75) is 71.1 Å². The lowest BCUT2D eigenvalue weighted by Crippen LogP contribution is -2.23. The van der Waals surface area contributed by atoms with Crippen LogP contribution in [0.2, 0.25) is 0 Å². The number of hydrogen-bond donors (Lipinski definition) is 0. The maximum Gasteiger partial charge on any atom is 0.573 e. The Morgan fingerprint density at radius 1 is 0.886 bits per heavy atom. The van der Waals surface area contributed by atoms with Crippen molar-refractivity contribution in [3.8, 4) is 5.75 Å². The Labute approximate surface area is 206 Å². The van der Waals surface area contributed by atoms with Gasteiger partial charge in [0.1, 0.15) is 5.82 Å². The minimum atomic E-state index is -5.00. The lowest BCUT2D eigenvalue weighted by molar-refractivity contribution is -0.275. The zero-order valence-electron chi connectivity index (χ0n) is 19.7. The smallest absolute Gasteiger partial charge is 0.403 e. The Hall–Kier alpha value is -2.15. The molecule has 1 unspecified atom stereocenters. The molecule has 2 aromatic carbocycles. The molecule has 7 heteroatoms. The molecule has 5 rings (SSSR count). The zero-order valence-corrected chi connectivity index (χ0v) is 20.5. The van der Waals surface area contributed by atoms with Gasteiger partial charge >= 0.3 is 6.36 Å². The molecule has 188 valence electrons. The molecule has 1 heterocycles. The highest BCUT2D eigenvalue weighted by Gasteiger charge is 2.33. The Kier molecular flexibility index (Phi) is 6.81. The predicted octanol–water partition coefficient (Wildman–Crippen LogP) is 10.0. The third-order valence-electron chi connectivity index (χ3n) is 7.93. The number of hydrogen-bond acceptors (Lipinski definition) is 2. The van der Waals surface area contributed by atoms with Gasteiger partial charge in [0.2, 0.25) is 0 Å². The van der Waals surface area contributed by atoms with E-state index in [2.05, 4.69) is 17.7 Å². The second kappa shape index (κ2) is 9.72. The van der Waals surface area contributed by atoms with Crippen LogP contribution in [0.4, 0.5) is 22.0 Å². The first-order valence-electron chi connectivity index (χ1n) is 12.5. The first-order valence-corrected chi connectivity index (χ1v) is 13.3. The van der Waals surface area contributed by atoms with Crippen LogP contribution in [0.3, 0.4) is 0 Å². The van der Waals surface area contributed by atoms with Crippen molar-refractivity contribution in [1.82, 2.24) is 0 Å². The molecule has 0 radical (unpaired) electrons. The number of benzene rings is 2. The van der Waals surface area contributed by atoms with Gasteiger partial charge in [0, 0.05) is 16.3 Å². The zero-order chi connectivity index (χ0) is 24.7. The third kappa shape index (κ3) is 4.93. The van der Waals surface area contributed by atoms with Crippen LogP contribution < -0.4 is 4.74 Å². The summed E-state index contributed by atoms with van der Waals surface area (Å²) in [6, 6.07) is 5.78. The van der Waals surface area contributed by atoms with Crippen LogP contribution in [0, 0.1) is 29.4 Å². The van der Waals surface area contributed by atoms with Gasteiger partial charge in [-0.25, -0.2) is 8.78 Å². The molecule has 1 aromatic heterocycles. The quantitative estimate of drug-likeness (QED) is 0.312. The van der Waals surface area contributed by atoms with E-state index in [1.807, 2.05) is 0 Å². The molecule has 0 bridgehead atoms. The Morgan fingerprint density at radius 2 is 1.57 bits per heavy atom. The van der Waals surface area contributed by atoms with Gasteiger partial charge in [0.25, 0.3) is 0 Å². The number of halogens is 5. The van der Waals surface area contributed by atoms with Gasteiger partial charge < -0.3 is 4.74 Å². The molecule has 1 fully saturated rings. The van der Waals surface area contributed by atoms with E-state index in [4.69, 9.17) is 0 Å². The molecule has 0 N–H and O–H groups in total. The van der Waals surface area contributed by atoms with E-state index < -0.39 is 23.7 Å². The molecule has 0 saturated heterocycles. The summed E-state index contributed by atoms with van der Waals surface area (Å²) in [5.41, 5.74) is 1.49. The lowest BCUT2D eigenvalue weighted by atomic mass is 9.70. The van der Waals surface area contributed by atoms with E-state index in [0.29, 0.717) is 22.3 Å². The van der Waals surface area contributed by atoms with Crippen molar-refractivity contribution in [3.63, 3.8) is 0 Å². The van der Waals surface area contributed by atoms with Gasteiger partial charge in [-0.15, -0.1) is 24.5 Å².